The number of hydrogen-bond donors (Lipinski definition) is 1. The van der Waals surface area contributed by atoms with Gasteiger partial charge in [0.05, 0.1) is 17.4 Å². The predicted octanol–water partition coefficient (Wildman–Crippen LogP) is 3.02. The van der Waals surface area contributed by atoms with E-state index in [1.807, 2.05) is 36.1 Å². The molecule has 3 rings (SSSR count). The molecule has 0 saturated carbocycles. The average molecular weight is 354 g/mol. The van der Waals surface area contributed by atoms with E-state index < -0.39 is 5.54 Å². The van der Waals surface area contributed by atoms with Gasteiger partial charge in [-0.2, -0.15) is 0 Å². The molecule has 2 N–H and O–H groups in total. The molecule has 1 aromatic carbocycles. The van der Waals surface area contributed by atoms with Crippen LogP contribution in [0.15, 0.2) is 36.7 Å². The number of aromatic nitrogens is 2. The van der Waals surface area contributed by atoms with Crippen molar-refractivity contribution in [1.82, 2.24) is 14.9 Å². The molecule has 1 aliphatic rings. The highest BCUT2D eigenvalue weighted by Gasteiger charge is 2.32. The SMILES string of the molecule is Cc1cccc(Oc2cncc([C@@H]3CCCN(C(=O)C(C)(C)N)C3)n2)c1. The van der Waals surface area contributed by atoms with Crippen molar-refractivity contribution in [3.63, 3.8) is 0 Å². The Kier molecular flexibility index (Phi) is 5.23. The number of nitrogens with two attached hydrogens (primary N) is 1. The van der Waals surface area contributed by atoms with Gasteiger partial charge in [0.15, 0.2) is 0 Å². The number of rotatable bonds is 4. The Morgan fingerprint density at radius 1 is 1.35 bits per heavy atom. The number of ether oxygens (including phenoxy) is 1. The summed E-state index contributed by atoms with van der Waals surface area (Å²) >= 11 is 0. The van der Waals surface area contributed by atoms with Crippen LogP contribution < -0.4 is 10.5 Å². The van der Waals surface area contributed by atoms with Crippen LogP contribution in [0.1, 0.15) is 43.9 Å². The van der Waals surface area contributed by atoms with Gasteiger partial charge >= 0.3 is 0 Å². The van der Waals surface area contributed by atoms with Gasteiger partial charge in [-0.3, -0.25) is 9.78 Å². The molecular weight excluding hydrogens is 328 g/mol. The summed E-state index contributed by atoms with van der Waals surface area (Å²) in [5, 5.41) is 0. The van der Waals surface area contributed by atoms with Crippen molar-refractivity contribution in [3.8, 4) is 11.6 Å². The zero-order chi connectivity index (χ0) is 18.7. The van der Waals surface area contributed by atoms with Gasteiger partial charge < -0.3 is 15.4 Å². The van der Waals surface area contributed by atoms with Crippen LogP contribution in [0.5, 0.6) is 11.6 Å². The molecule has 1 amide bonds. The Morgan fingerprint density at radius 3 is 2.88 bits per heavy atom. The first-order valence-corrected chi connectivity index (χ1v) is 8.97. The van der Waals surface area contributed by atoms with E-state index >= 15 is 0 Å². The molecule has 1 aromatic heterocycles. The van der Waals surface area contributed by atoms with Crippen LogP contribution in [0, 0.1) is 6.92 Å². The smallest absolute Gasteiger partial charge is 0.242 e. The lowest BCUT2D eigenvalue weighted by molar-refractivity contribution is -0.137. The Bertz CT molecular complexity index is 785. The number of likely N-dealkylation sites (tertiary alicyclic amines) is 1. The number of hydrogen-bond acceptors (Lipinski definition) is 5. The lowest BCUT2D eigenvalue weighted by atomic mass is 9.93. The quantitative estimate of drug-likeness (QED) is 0.913. The third-order valence-electron chi connectivity index (χ3n) is 4.52. The first-order chi connectivity index (χ1) is 12.3. The molecule has 1 fully saturated rings. The summed E-state index contributed by atoms with van der Waals surface area (Å²) in [6.45, 7) is 6.86. The number of carbonyl (C=O) groups excluding carboxylic acids is 1. The minimum Gasteiger partial charge on any atom is -0.437 e. The van der Waals surface area contributed by atoms with Crippen LogP contribution in [0.2, 0.25) is 0 Å². The van der Waals surface area contributed by atoms with Gasteiger partial charge in [-0.05, 0) is 51.3 Å². The maximum Gasteiger partial charge on any atom is 0.242 e. The van der Waals surface area contributed by atoms with Crippen molar-refractivity contribution < 1.29 is 9.53 Å². The number of nitrogens with zero attached hydrogens (tertiary/aromatic N) is 3. The lowest BCUT2D eigenvalue weighted by Crippen LogP contribution is -2.53. The third-order valence-corrected chi connectivity index (χ3v) is 4.52. The van der Waals surface area contributed by atoms with Crippen molar-refractivity contribution in [2.75, 3.05) is 13.1 Å². The molecule has 1 aliphatic heterocycles. The van der Waals surface area contributed by atoms with Crippen LogP contribution in [-0.4, -0.2) is 39.4 Å². The van der Waals surface area contributed by atoms with Crippen molar-refractivity contribution in [2.24, 2.45) is 5.73 Å². The number of amides is 1. The van der Waals surface area contributed by atoms with Crippen molar-refractivity contribution in [2.45, 2.75) is 45.1 Å². The molecule has 1 saturated heterocycles. The van der Waals surface area contributed by atoms with Crippen LogP contribution in [0.3, 0.4) is 0 Å². The maximum absolute atomic E-state index is 12.5. The summed E-state index contributed by atoms with van der Waals surface area (Å²) in [5.41, 5.74) is 7.09. The molecule has 138 valence electrons. The molecule has 1 atom stereocenters. The molecule has 26 heavy (non-hydrogen) atoms. The molecule has 0 aliphatic carbocycles. The van der Waals surface area contributed by atoms with E-state index in [9.17, 15) is 4.79 Å². The highest BCUT2D eigenvalue weighted by atomic mass is 16.5. The zero-order valence-corrected chi connectivity index (χ0v) is 15.6. The van der Waals surface area contributed by atoms with E-state index in [-0.39, 0.29) is 11.8 Å². The Hall–Kier alpha value is -2.47. The van der Waals surface area contributed by atoms with E-state index in [1.165, 1.54) is 0 Å². The topological polar surface area (TPSA) is 81.3 Å². The largest absolute Gasteiger partial charge is 0.437 e. The predicted molar refractivity (Wildman–Crippen MR) is 100 cm³/mol. The Labute approximate surface area is 154 Å². The third kappa shape index (κ3) is 4.38. The second-order valence-corrected chi connectivity index (χ2v) is 7.51. The molecule has 0 spiro atoms. The first kappa shape index (κ1) is 18.3. The number of carbonyl (C=O) groups is 1. The van der Waals surface area contributed by atoms with E-state index in [0.29, 0.717) is 12.4 Å². The maximum atomic E-state index is 12.5. The molecule has 0 bridgehead atoms. The summed E-state index contributed by atoms with van der Waals surface area (Å²) in [6.07, 6.45) is 5.27. The van der Waals surface area contributed by atoms with E-state index in [4.69, 9.17) is 10.5 Å². The fourth-order valence-corrected chi connectivity index (χ4v) is 3.22. The number of aryl methyl sites for hydroxylation is 1. The summed E-state index contributed by atoms with van der Waals surface area (Å²) < 4.78 is 5.85. The normalized spacial score (nSPS) is 17.8. The Morgan fingerprint density at radius 2 is 2.15 bits per heavy atom. The number of benzene rings is 1. The second-order valence-electron chi connectivity index (χ2n) is 7.51. The minimum atomic E-state index is -0.857. The Balaban J connectivity index is 1.74. The van der Waals surface area contributed by atoms with Crippen molar-refractivity contribution >= 4 is 5.91 Å². The van der Waals surface area contributed by atoms with Gasteiger partial charge in [-0.1, -0.05) is 12.1 Å². The van der Waals surface area contributed by atoms with Gasteiger partial charge in [0.1, 0.15) is 5.75 Å². The molecule has 6 nitrogen and oxygen atoms in total. The lowest BCUT2D eigenvalue weighted by Gasteiger charge is -2.36. The molecule has 0 unspecified atom stereocenters. The van der Waals surface area contributed by atoms with E-state index in [2.05, 4.69) is 9.97 Å². The fraction of sp³-hybridized carbons (Fsp3) is 0.450. The second kappa shape index (κ2) is 7.41. The minimum absolute atomic E-state index is 0.0256. The highest BCUT2D eigenvalue weighted by molar-refractivity contribution is 5.85. The van der Waals surface area contributed by atoms with Crippen molar-refractivity contribution in [3.05, 3.63) is 47.9 Å². The van der Waals surface area contributed by atoms with E-state index in [0.717, 1.165) is 36.4 Å². The van der Waals surface area contributed by atoms with Gasteiger partial charge in [-0.15, -0.1) is 0 Å². The van der Waals surface area contributed by atoms with Crippen LogP contribution >= 0.6 is 0 Å². The van der Waals surface area contributed by atoms with Gasteiger partial charge in [-0.25, -0.2) is 4.98 Å². The summed E-state index contributed by atoms with van der Waals surface area (Å²) in [6, 6.07) is 7.81. The fourth-order valence-electron chi connectivity index (χ4n) is 3.22. The average Bonchev–Trinajstić information content (AvgIpc) is 2.61. The molecule has 6 heteroatoms. The van der Waals surface area contributed by atoms with Crippen LogP contribution in [0.4, 0.5) is 0 Å². The van der Waals surface area contributed by atoms with Gasteiger partial charge in [0.2, 0.25) is 11.8 Å². The van der Waals surface area contributed by atoms with E-state index in [1.54, 1.807) is 26.2 Å². The summed E-state index contributed by atoms with van der Waals surface area (Å²) in [7, 11) is 0. The molecular formula is C20H26N4O2. The number of piperidine rings is 1. The van der Waals surface area contributed by atoms with Crippen LogP contribution in [0.25, 0.3) is 0 Å². The molecule has 0 radical (unpaired) electrons. The summed E-state index contributed by atoms with van der Waals surface area (Å²) in [5.74, 6) is 1.32. The zero-order valence-electron chi connectivity index (χ0n) is 15.6. The van der Waals surface area contributed by atoms with Gasteiger partial charge in [0.25, 0.3) is 0 Å². The first-order valence-electron chi connectivity index (χ1n) is 8.97. The monoisotopic (exact) mass is 354 g/mol. The molecule has 2 aromatic rings. The molecule has 2 heterocycles. The van der Waals surface area contributed by atoms with Crippen molar-refractivity contribution in [1.29, 1.82) is 0 Å². The standard InChI is InChI=1S/C20H26N4O2/c1-14-6-4-8-16(10-14)26-18-12-22-11-17(23-18)15-7-5-9-24(13-15)19(25)20(2,3)21/h4,6,8,10-12,15H,5,7,9,13,21H2,1-3H3/t15-/m1/s1. The summed E-state index contributed by atoms with van der Waals surface area (Å²) in [4.78, 5) is 23.2. The highest BCUT2D eigenvalue weighted by Crippen LogP contribution is 2.28. The van der Waals surface area contributed by atoms with Crippen LogP contribution in [-0.2, 0) is 4.79 Å². The van der Waals surface area contributed by atoms with Gasteiger partial charge in [0, 0.05) is 25.2 Å².